The minimum absolute atomic E-state index is 0.250. The zero-order chi connectivity index (χ0) is 11.4. The van der Waals surface area contributed by atoms with Crippen molar-refractivity contribution in [1.29, 1.82) is 0 Å². The molecule has 15 heavy (non-hydrogen) atoms. The van der Waals surface area contributed by atoms with Gasteiger partial charge in [0.1, 0.15) is 0 Å². The van der Waals surface area contributed by atoms with Gasteiger partial charge in [-0.05, 0) is 26.3 Å². The Hall–Kier alpha value is -0.610. The van der Waals surface area contributed by atoms with Gasteiger partial charge in [0.25, 0.3) is 0 Å². The molecule has 0 aromatic rings. The fourth-order valence-corrected chi connectivity index (χ4v) is 1.95. The number of carbonyl (C=O) groups excluding carboxylic acids is 1. The molecule has 0 radical (unpaired) electrons. The molecule has 1 atom stereocenters. The highest BCUT2D eigenvalue weighted by Crippen LogP contribution is 2.09. The Labute approximate surface area is 92.4 Å². The van der Waals surface area contributed by atoms with Crippen LogP contribution in [0.4, 0.5) is 0 Å². The number of rotatable bonds is 4. The lowest BCUT2D eigenvalue weighted by molar-refractivity contribution is -0.138. The maximum atomic E-state index is 11.8. The van der Waals surface area contributed by atoms with Gasteiger partial charge >= 0.3 is 0 Å². The molecule has 0 saturated carbocycles. The minimum Gasteiger partial charge on any atom is -0.338 e. The highest BCUT2D eigenvalue weighted by Gasteiger charge is 2.25. The summed E-state index contributed by atoms with van der Waals surface area (Å²) in [5.41, 5.74) is 5.58. The Balaban J connectivity index is 2.40. The maximum Gasteiger partial charge on any atom is 0.237 e. The number of nitrogens with zero attached hydrogens (tertiary/aromatic N) is 2. The summed E-state index contributed by atoms with van der Waals surface area (Å²) in [5, 5.41) is 0. The van der Waals surface area contributed by atoms with Gasteiger partial charge in [0.2, 0.25) is 5.91 Å². The second-order valence-corrected chi connectivity index (χ2v) is 4.76. The molecule has 4 heteroatoms. The van der Waals surface area contributed by atoms with Crippen LogP contribution in [-0.2, 0) is 4.79 Å². The first-order chi connectivity index (χ1) is 7.04. The van der Waals surface area contributed by atoms with E-state index < -0.39 is 0 Å². The van der Waals surface area contributed by atoms with E-state index in [4.69, 9.17) is 5.73 Å². The predicted octanol–water partition coefficient (Wildman–Crippen LogP) is 0.134. The fraction of sp³-hybridized carbons (Fsp3) is 0.909. The van der Waals surface area contributed by atoms with Crippen molar-refractivity contribution in [3.8, 4) is 0 Å². The van der Waals surface area contributed by atoms with Crippen LogP contribution in [0.3, 0.4) is 0 Å². The number of amides is 1. The smallest absolute Gasteiger partial charge is 0.237 e. The number of nitrogens with two attached hydrogens (primary N) is 1. The largest absolute Gasteiger partial charge is 0.338 e. The molecule has 0 aliphatic carbocycles. The van der Waals surface area contributed by atoms with Crippen LogP contribution in [0.1, 0.15) is 20.8 Å². The highest BCUT2D eigenvalue weighted by atomic mass is 16.2. The SMILES string of the molecule is CC(CN)CN1CCN(C(C)C)C(=O)C1. The number of hydrogen-bond donors (Lipinski definition) is 1. The monoisotopic (exact) mass is 213 g/mol. The molecule has 1 unspecified atom stereocenters. The van der Waals surface area contributed by atoms with Crippen molar-refractivity contribution < 1.29 is 4.79 Å². The molecule has 1 rings (SSSR count). The van der Waals surface area contributed by atoms with E-state index >= 15 is 0 Å². The minimum atomic E-state index is 0.250. The van der Waals surface area contributed by atoms with Gasteiger partial charge in [-0.25, -0.2) is 0 Å². The van der Waals surface area contributed by atoms with Gasteiger partial charge in [-0.15, -0.1) is 0 Å². The van der Waals surface area contributed by atoms with E-state index in [1.807, 2.05) is 4.90 Å². The summed E-state index contributed by atoms with van der Waals surface area (Å²) >= 11 is 0. The third-order valence-corrected chi connectivity index (χ3v) is 2.93. The standard InChI is InChI=1S/C11H23N3O/c1-9(2)14-5-4-13(8-11(14)15)7-10(3)6-12/h9-10H,4-8,12H2,1-3H3. The molecule has 1 aliphatic heterocycles. The molecule has 2 N–H and O–H groups in total. The van der Waals surface area contributed by atoms with E-state index in [1.54, 1.807) is 0 Å². The van der Waals surface area contributed by atoms with Crippen molar-refractivity contribution in [1.82, 2.24) is 9.80 Å². The van der Waals surface area contributed by atoms with Crippen LogP contribution < -0.4 is 5.73 Å². The number of hydrogen-bond acceptors (Lipinski definition) is 3. The molecule has 0 aromatic carbocycles. The third kappa shape index (κ3) is 3.47. The van der Waals surface area contributed by atoms with Crippen molar-refractivity contribution in [2.24, 2.45) is 11.7 Å². The zero-order valence-electron chi connectivity index (χ0n) is 10.1. The van der Waals surface area contributed by atoms with E-state index in [1.165, 1.54) is 0 Å². The van der Waals surface area contributed by atoms with Crippen LogP contribution in [0.5, 0.6) is 0 Å². The molecule has 1 saturated heterocycles. The summed E-state index contributed by atoms with van der Waals surface area (Å²) in [6.07, 6.45) is 0. The van der Waals surface area contributed by atoms with Crippen molar-refractivity contribution in [2.45, 2.75) is 26.8 Å². The van der Waals surface area contributed by atoms with Crippen molar-refractivity contribution in [3.63, 3.8) is 0 Å². The summed E-state index contributed by atoms with van der Waals surface area (Å²) in [5.74, 6) is 0.726. The second-order valence-electron chi connectivity index (χ2n) is 4.76. The van der Waals surface area contributed by atoms with Gasteiger partial charge < -0.3 is 10.6 Å². The van der Waals surface area contributed by atoms with Gasteiger partial charge in [0, 0.05) is 25.7 Å². The van der Waals surface area contributed by atoms with Crippen molar-refractivity contribution >= 4 is 5.91 Å². The van der Waals surface area contributed by atoms with E-state index in [0.29, 0.717) is 25.0 Å². The van der Waals surface area contributed by atoms with Gasteiger partial charge in [-0.3, -0.25) is 9.69 Å². The summed E-state index contributed by atoms with van der Waals surface area (Å²) in [7, 11) is 0. The van der Waals surface area contributed by atoms with Crippen molar-refractivity contribution in [2.75, 3.05) is 32.7 Å². The first-order valence-electron chi connectivity index (χ1n) is 5.76. The van der Waals surface area contributed by atoms with E-state index in [0.717, 1.165) is 19.6 Å². The Morgan fingerprint density at radius 3 is 2.47 bits per heavy atom. The van der Waals surface area contributed by atoms with Crippen LogP contribution >= 0.6 is 0 Å². The number of carbonyl (C=O) groups is 1. The predicted molar refractivity (Wildman–Crippen MR) is 61.5 cm³/mol. The summed E-state index contributed by atoms with van der Waals surface area (Å²) in [6.45, 7) is 10.3. The zero-order valence-corrected chi connectivity index (χ0v) is 10.1. The molecule has 0 spiro atoms. The Morgan fingerprint density at radius 2 is 2.00 bits per heavy atom. The second kappa shape index (κ2) is 5.47. The average Bonchev–Trinajstić information content (AvgIpc) is 2.17. The van der Waals surface area contributed by atoms with Crippen molar-refractivity contribution in [3.05, 3.63) is 0 Å². The lowest BCUT2D eigenvalue weighted by Gasteiger charge is -2.37. The summed E-state index contributed by atoms with van der Waals surface area (Å²) < 4.78 is 0. The average molecular weight is 213 g/mol. The molecule has 1 aliphatic rings. The molecule has 1 fully saturated rings. The van der Waals surface area contributed by atoms with Gasteiger partial charge in [-0.1, -0.05) is 6.92 Å². The van der Waals surface area contributed by atoms with E-state index in [-0.39, 0.29) is 5.91 Å². The summed E-state index contributed by atoms with van der Waals surface area (Å²) in [6, 6.07) is 0.326. The summed E-state index contributed by atoms with van der Waals surface area (Å²) in [4.78, 5) is 15.9. The third-order valence-electron chi connectivity index (χ3n) is 2.93. The molecule has 0 bridgehead atoms. The Bertz CT molecular complexity index is 218. The molecule has 1 heterocycles. The van der Waals surface area contributed by atoms with Crippen LogP contribution in [0.2, 0.25) is 0 Å². The molecule has 0 aromatic heterocycles. The van der Waals surface area contributed by atoms with E-state index in [9.17, 15) is 4.79 Å². The molecule has 1 amide bonds. The molecule has 4 nitrogen and oxygen atoms in total. The lowest BCUT2D eigenvalue weighted by atomic mass is 10.1. The van der Waals surface area contributed by atoms with Crippen LogP contribution in [0, 0.1) is 5.92 Å². The lowest BCUT2D eigenvalue weighted by Crippen LogP contribution is -2.53. The fourth-order valence-electron chi connectivity index (χ4n) is 1.95. The quantitative estimate of drug-likeness (QED) is 0.722. The molecular weight excluding hydrogens is 190 g/mol. The van der Waals surface area contributed by atoms with Gasteiger partial charge in [0.15, 0.2) is 0 Å². The Kier molecular flexibility index (Phi) is 4.54. The molecule has 88 valence electrons. The Morgan fingerprint density at radius 1 is 1.33 bits per heavy atom. The van der Waals surface area contributed by atoms with Gasteiger partial charge in [-0.2, -0.15) is 0 Å². The van der Waals surface area contributed by atoms with Crippen LogP contribution in [0.25, 0.3) is 0 Å². The van der Waals surface area contributed by atoms with Crippen LogP contribution in [-0.4, -0.2) is 54.5 Å². The topological polar surface area (TPSA) is 49.6 Å². The first kappa shape index (κ1) is 12.5. The highest BCUT2D eigenvalue weighted by molar-refractivity contribution is 5.79. The van der Waals surface area contributed by atoms with E-state index in [2.05, 4.69) is 25.7 Å². The van der Waals surface area contributed by atoms with Gasteiger partial charge in [0.05, 0.1) is 6.54 Å². The molecular formula is C11H23N3O. The normalized spacial score (nSPS) is 21.1. The maximum absolute atomic E-state index is 11.8. The number of piperazine rings is 1. The van der Waals surface area contributed by atoms with Crippen LogP contribution in [0.15, 0.2) is 0 Å². The first-order valence-corrected chi connectivity index (χ1v) is 5.76.